The van der Waals surface area contributed by atoms with Crippen molar-refractivity contribution in [2.45, 2.75) is 16.4 Å². The third-order valence-corrected chi connectivity index (χ3v) is 8.48. The van der Waals surface area contributed by atoms with Crippen LogP contribution < -0.4 is 16.0 Å². The molecule has 2 amide bonds. The van der Waals surface area contributed by atoms with E-state index in [1.165, 1.54) is 45.5 Å². The number of amides is 2. The Balaban J connectivity index is 1.32. The summed E-state index contributed by atoms with van der Waals surface area (Å²) in [6.45, 7) is 0. The molecule has 0 spiro atoms. The first-order valence-corrected chi connectivity index (χ1v) is 13.2. The summed E-state index contributed by atoms with van der Waals surface area (Å²) in [6, 6.07) is 2.43. The van der Waals surface area contributed by atoms with Gasteiger partial charge in [0.05, 0.1) is 0 Å². The Hall–Kier alpha value is -3.97. The van der Waals surface area contributed by atoms with Gasteiger partial charge < -0.3 is 21.1 Å². The molecule has 0 radical (unpaired) electrons. The van der Waals surface area contributed by atoms with Crippen molar-refractivity contribution in [2.75, 3.05) is 24.5 Å². The summed E-state index contributed by atoms with van der Waals surface area (Å²) in [5, 5.41) is 40.7. The minimum atomic E-state index is -1.24. The number of nitrogens with two attached hydrogens (primary N) is 1. The Morgan fingerprint density at radius 1 is 1.43 bits per heavy atom. The molecular formula is C18H17N11O5S3. The number of hydrogen-bond donors (Lipinski definition) is 4. The van der Waals surface area contributed by atoms with Gasteiger partial charge in [0.1, 0.15) is 34.9 Å². The van der Waals surface area contributed by atoms with Gasteiger partial charge in [0, 0.05) is 16.9 Å². The quantitative estimate of drug-likeness (QED) is 0.0805. The SMILES string of the molecule is CON=C(C(=O)N[C@@H]1C(=O)N2C(C(=O)O)=C(CSc3ccc4nnnn4n3)CS[C@@H]12)c1csc(=N)n1N. The standard InChI is InChI=1S/C18H17N11O5S3/c1-34-24-11(8-6-37-18(19)28(8)20)14(30)21-12-15(31)27-13(17(32)33)7(5-36-16(12)27)4-35-10-3-2-9-22-25-26-29(9)23-10/h2-3,6,12,16,19H,4-5,20H2,1H3,(H,21,30)(H,32,33)/t12-,16+/m1/s1. The number of nitrogens with one attached hydrogen (secondary N) is 2. The summed E-state index contributed by atoms with van der Waals surface area (Å²) in [6.07, 6.45) is 0. The van der Waals surface area contributed by atoms with Crippen molar-refractivity contribution < 1.29 is 24.3 Å². The van der Waals surface area contributed by atoms with Crippen LogP contribution in [0.1, 0.15) is 5.69 Å². The van der Waals surface area contributed by atoms with Crippen LogP contribution >= 0.6 is 34.9 Å². The second-order valence-electron chi connectivity index (χ2n) is 7.52. The van der Waals surface area contributed by atoms with Gasteiger partial charge in [-0.1, -0.05) is 5.16 Å². The number of oxime groups is 1. The number of rotatable bonds is 8. The summed E-state index contributed by atoms with van der Waals surface area (Å²) in [4.78, 5) is 44.0. The molecule has 16 nitrogen and oxygen atoms in total. The zero-order valence-electron chi connectivity index (χ0n) is 18.8. The monoisotopic (exact) mass is 563 g/mol. The Kier molecular flexibility index (Phi) is 6.56. The van der Waals surface area contributed by atoms with E-state index in [1.54, 1.807) is 12.1 Å². The van der Waals surface area contributed by atoms with Crippen molar-refractivity contribution in [3.8, 4) is 0 Å². The molecule has 19 heteroatoms. The van der Waals surface area contributed by atoms with E-state index in [0.717, 1.165) is 16.0 Å². The number of carboxylic acid groups (broad SMARTS) is 1. The minimum absolute atomic E-state index is 0.0185. The molecule has 0 saturated carbocycles. The van der Waals surface area contributed by atoms with Crippen LogP contribution in [0.3, 0.4) is 0 Å². The maximum Gasteiger partial charge on any atom is 0.352 e. The van der Waals surface area contributed by atoms with Crippen LogP contribution in [-0.2, 0) is 19.2 Å². The zero-order valence-corrected chi connectivity index (χ0v) is 21.2. The van der Waals surface area contributed by atoms with Crippen LogP contribution in [0.4, 0.5) is 0 Å². The number of aliphatic carboxylic acids is 1. The number of nitrogen functional groups attached to an aromatic ring is 1. The molecule has 192 valence electrons. The lowest BCUT2D eigenvalue weighted by Gasteiger charge is -2.49. The van der Waals surface area contributed by atoms with Crippen molar-refractivity contribution >= 4 is 64.0 Å². The molecular weight excluding hydrogens is 546 g/mol. The number of β-lactam (4-membered cyclic amide) rings is 1. The maximum absolute atomic E-state index is 13.0. The molecule has 1 saturated heterocycles. The highest BCUT2D eigenvalue weighted by molar-refractivity contribution is 8.01. The highest BCUT2D eigenvalue weighted by Gasteiger charge is 2.54. The van der Waals surface area contributed by atoms with Gasteiger partial charge in [0.2, 0.25) is 4.80 Å². The second-order valence-corrected chi connectivity index (χ2v) is 10.5. The molecule has 2 aliphatic heterocycles. The summed E-state index contributed by atoms with van der Waals surface area (Å²) in [5.74, 6) is 3.85. The number of carbonyl (C=O) groups is 3. The molecule has 0 unspecified atom stereocenters. The number of tetrazole rings is 1. The van der Waals surface area contributed by atoms with Crippen molar-refractivity contribution in [1.82, 2.24) is 40.1 Å². The van der Waals surface area contributed by atoms with E-state index in [0.29, 0.717) is 22.0 Å². The number of carbonyl (C=O) groups excluding carboxylic acids is 2. The minimum Gasteiger partial charge on any atom is -0.477 e. The topological polar surface area (TPSA) is 219 Å². The van der Waals surface area contributed by atoms with Crippen LogP contribution in [0.5, 0.6) is 0 Å². The number of thioether (sulfide) groups is 2. The largest absolute Gasteiger partial charge is 0.477 e. The Morgan fingerprint density at radius 2 is 2.24 bits per heavy atom. The van der Waals surface area contributed by atoms with Gasteiger partial charge in [0.25, 0.3) is 11.8 Å². The van der Waals surface area contributed by atoms with E-state index in [9.17, 15) is 19.5 Å². The number of hydrogen-bond acceptors (Lipinski definition) is 14. The molecule has 0 bridgehead atoms. The molecule has 3 aromatic heterocycles. The molecule has 0 aliphatic carbocycles. The average Bonchev–Trinajstić information content (AvgIpc) is 3.49. The maximum atomic E-state index is 13.0. The van der Waals surface area contributed by atoms with Gasteiger partial charge in [-0.25, -0.2) is 9.47 Å². The molecule has 0 aromatic carbocycles. The van der Waals surface area contributed by atoms with Crippen LogP contribution in [0, 0.1) is 5.41 Å². The lowest BCUT2D eigenvalue weighted by molar-refractivity contribution is -0.150. The predicted molar refractivity (Wildman–Crippen MR) is 131 cm³/mol. The van der Waals surface area contributed by atoms with E-state index in [-0.39, 0.29) is 27.7 Å². The van der Waals surface area contributed by atoms with E-state index in [2.05, 4.69) is 31.1 Å². The Bertz CT molecular complexity index is 1540. The fourth-order valence-electron chi connectivity index (χ4n) is 3.68. The Labute approximate surface area is 219 Å². The lowest BCUT2D eigenvalue weighted by Crippen LogP contribution is -2.71. The van der Waals surface area contributed by atoms with Gasteiger partial charge in [0.15, 0.2) is 11.4 Å². The molecule has 5 rings (SSSR count). The van der Waals surface area contributed by atoms with Crippen LogP contribution in [0.2, 0.25) is 0 Å². The number of aromatic nitrogens is 6. The highest BCUT2D eigenvalue weighted by atomic mass is 32.2. The van der Waals surface area contributed by atoms with E-state index < -0.39 is 29.2 Å². The summed E-state index contributed by atoms with van der Waals surface area (Å²) in [7, 11) is 1.25. The number of fused-ring (bicyclic) bond motifs is 2. The molecule has 5 heterocycles. The lowest BCUT2D eigenvalue weighted by atomic mass is 10.0. The van der Waals surface area contributed by atoms with Crippen LogP contribution in [-0.4, -0.2) is 93.5 Å². The smallest absolute Gasteiger partial charge is 0.352 e. The van der Waals surface area contributed by atoms with Crippen molar-refractivity contribution in [2.24, 2.45) is 5.16 Å². The van der Waals surface area contributed by atoms with Gasteiger partial charge in [-0.2, -0.15) is 0 Å². The highest BCUT2D eigenvalue weighted by Crippen LogP contribution is 2.41. The van der Waals surface area contributed by atoms with Crippen molar-refractivity contribution in [3.63, 3.8) is 0 Å². The first-order chi connectivity index (χ1) is 17.8. The first-order valence-electron chi connectivity index (χ1n) is 10.3. The molecule has 1 fully saturated rings. The number of thiazole rings is 1. The average molecular weight is 564 g/mol. The summed E-state index contributed by atoms with van der Waals surface area (Å²) in [5.41, 5.74) is 0.822. The Morgan fingerprint density at radius 3 is 2.95 bits per heavy atom. The fraction of sp³-hybridized carbons (Fsp3) is 0.278. The normalized spacial score (nSPS) is 19.5. The molecule has 2 aliphatic rings. The second kappa shape index (κ2) is 9.82. The predicted octanol–water partition coefficient (Wildman–Crippen LogP) is -1.54. The molecule has 37 heavy (non-hydrogen) atoms. The number of carboxylic acids is 1. The molecule has 5 N–H and O–H groups in total. The third kappa shape index (κ3) is 4.40. The van der Waals surface area contributed by atoms with E-state index in [1.807, 2.05) is 0 Å². The van der Waals surface area contributed by atoms with Gasteiger partial charge in [-0.05, 0) is 28.1 Å². The third-order valence-electron chi connectivity index (χ3n) is 5.38. The van der Waals surface area contributed by atoms with Crippen LogP contribution in [0.25, 0.3) is 5.65 Å². The summed E-state index contributed by atoms with van der Waals surface area (Å²) >= 11 is 3.61. The number of nitrogens with zero attached hydrogens (tertiary/aromatic N) is 8. The van der Waals surface area contributed by atoms with Crippen molar-refractivity contribution in [3.05, 3.63) is 39.3 Å². The van der Waals surface area contributed by atoms with Gasteiger partial charge in [-0.15, -0.1) is 49.7 Å². The van der Waals surface area contributed by atoms with Crippen molar-refractivity contribution in [1.29, 1.82) is 5.41 Å². The molecule has 2 atom stereocenters. The molecule has 3 aromatic rings. The van der Waals surface area contributed by atoms with Gasteiger partial charge in [-0.3, -0.25) is 19.9 Å². The van der Waals surface area contributed by atoms with Gasteiger partial charge >= 0.3 is 5.97 Å². The summed E-state index contributed by atoms with van der Waals surface area (Å²) < 4.78 is 2.23. The van der Waals surface area contributed by atoms with E-state index in [4.69, 9.17) is 16.1 Å². The first kappa shape index (κ1) is 24.7. The zero-order chi connectivity index (χ0) is 26.3. The van der Waals surface area contributed by atoms with E-state index >= 15 is 0 Å². The van der Waals surface area contributed by atoms with Crippen LogP contribution in [0.15, 0.2) is 39.0 Å². The fourth-order valence-corrected chi connectivity index (χ4v) is 6.67.